The summed E-state index contributed by atoms with van der Waals surface area (Å²) in [6, 6.07) is 8.35. The van der Waals surface area contributed by atoms with Gasteiger partial charge >= 0.3 is 6.18 Å². The van der Waals surface area contributed by atoms with Gasteiger partial charge in [0.2, 0.25) is 0 Å². The topological polar surface area (TPSA) is 67.4 Å². The Morgan fingerprint density at radius 1 is 1.10 bits per heavy atom. The van der Waals surface area contributed by atoms with E-state index in [0.29, 0.717) is 32.7 Å². The Balaban J connectivity index is 1.51. The lowest BCUT2D eigenvalue weighted by Gasteiger charge is -2.34. The number of carbonyl (C=O) groups is 1. The van der Waals surface area contributed by atoms with Gasteiger partial charge in [0.25, 0.3) is 5.91 Å². The highest BCUT2D eigenvalue weighted by Gasteiger charge is 2.41. The van der Waals surface area contributed by atoms with Crippen LogP contribution in [-0.4, -0.2) is 56.8 Å². The lowest BCUT2D eigenvalue weighted by molar-refractivity contribution is -0.143. The molecule has 4 rings (SSSR count). The number of rotatable bonds is 4. The molecule has 3 heterocycles. The molecular weight excluding hydrogens is 411 g/mol. The number of piperazine rings is 1. The van der Waals surface area contributed by atoms with Crippen molar-refractivity contribution < 1.29 is 22.5 Å². The minimum absolute atomic E-state index is 0.254. The molecule has 0 N–H and O–H groups in total. The second-order valence-corrected chi connectivity index (χ2v) is 7.65. The van der Waals surface area contributed by atoms with Gasteiger partial charge in [0.05, 0.1) is 29.7 Å². The third-order valence-electron chi connectivity index (χ3n) is 5.26. The predicted molar refractivity (Wildman–Crippen MR) is 106 cm³/mol. The van der Waals surface area contributed by atoms with Gasteiger partial charge in [-0.05, 0) is 26.0 Å². The fourth-order valence-electron chi connectivity index (χ4n) is 3.65. The largest absolute Gasteiger partial charge is 0.434 e. The van der Waals surface area contributed by atoms with Crippen molar-refractivity contribution in [3.63, 3.8) is 0 Å². The maximum absolute atomic E-state index is 13.9. The first-order chi connectivity index (χ1) is 14.7. The van der Waals surface area contributed by atoms with Crippen molar-refractivity contribution in [3.8, 4) is 5.69 Å². The second kappa shape index (κ2) is 8.18. The van der Waals surface area contributed by atoms with Gasteiger partial charge < -0.3 is 9.42 Å². The van der Waals surface area contributed by atoms with Crippen molar-refractivity contribution in [3.05, 3.63) is 64.8 Å². The zero-order chi connectivity index (χ0) is 22.2. The lowest BCUT2D eigenvalue weighted by atomic mass is 10.1. The summed E-state index contributed by atoms with van der Waals surface area (Å²) in [4.78, 5) is 16.5. The molecule has 0 unspecified atom stereocenters. The molecule has 0 spiro atoms. The zero-order valence-electron chi connectivity index (χ0n) is 17.2. The molecule has 0 bridgehead atoms. The maximum Gasteiger partial charge on any atom is 0.434 e. The van der Waals surface area contributed by atoms with E-state index in [2.05, 4.69) is 15.2 Å². The van der Waals surface area contributed by atoms with E-state index in [-0.39, 0.29) is 5.69 Å². The van der Waals surface area contributed by atoms with Gasteiger partial charge in [-0.3, -0.25) is 9.69 Å². The minimum atomic E-state index is -4.72. The van der Waals surface area contributed by atoms with Crippen LogP contribution in [0.4, 0.5) is 13.2 Å². The molecule has 7 nitrogen and oxygen atoms in total. The average Bonchev–Trinajstić information content (AvgIpc) is 3.35. The molecule has 31 heavy (non-hydrogen) atoms. The molecule has 0 saturated carbocycles. The standard InChI is InChI=1S/C21H22F3N5O2/c1-14-3-5-16(6-4-14)29-19(21(22,23)24)18(12-25-29)20(30)28-9-7-27(8-10-28)13-17-11-15(2)26-31-17/h3-6,11-12H,7-10,13H2,1-2H3. The Labute approximate surface area is 177 Å². The van der Waals surface area contributed by atoms with E-state index in [1.165, 1.54) is 4.90 Å². The highest BCUT2D eigenvalue weighted by molar-refractivity contribution is 5.95. The maximum atomic E-state index is 13.9. The number of hydrogen-bond donors (Lipinski definition) is 0. The molecule has 1 aliphatic heterocycles. The second-order valence-electron chi connectivity index (χ2n) is 7.65. The molecule has 164 valence electrons. The first-order valence-electron chi connectivity index (χ1n) is 9.88. The van der Waals surface area contributed by atoms with Crippen molar-refractivity contribution in [2.24, 2.45) is 0 Å². The van der Waals surface area contributed by atoms with Crippen LogP contribution < -0.4 is 0 Å². The van der Waals surface area contributed by atoms with Gasteiger partial charge in [0, 0.05) is 32.2 Å². The Morgan fingerprint density at radius 2 is 1.77 bits per heavy atom. The van der Waals surface area contributed by atoms with Crippen LogP contribution in [-0.2, 0) is 12.7 Å². The quantitative estimate of drug-likeness (QED) is 0.631. The number of amides is 1. The molecular formula is C21H22F3N5O2. The van der Waals surface area contributed by atoms with E-state index in [1.807, 2.05) is 19.9 Å². The van der Waals surface area contributed by atoms with Crippen molar-refractivity contribution in [2.75, 3.05) is 26.2 Å². The zero-order valence-corrected chi connectivity index (χ0v) is 17.2. The van der Waals surface area contributed by atoms with Crippen LogP contribution in [0.2, 0.25) is 0 Å². The number of hydrogen-bond acceptors (Lipinski definition) is 5. The number of nitrogens with zero attached hydrogens (tertiary/aromatic N) is 5. The summed E-state index contributed by atoms with van der Waals surface area (Å²) in [5.41, 5.74) is 0.464. The van der Waals surface area contributed by atoms with E-state index in [9.17, 15) is 18.0 Å². The molecule has 1 saturated heterocycles. The molecule has 0 atom stereocenters. The minimum Gasteiger partial charge on any atom is -0.360 e. The van der Waals surface area contributed by atoms with E-state index in [4.69, 9.17) is 4.52 Å². The number of halogens is 3. The number of aryl methyl sites for hydroxylation is 2. The van der Waals surface area contributed by atoms with Crippen LogP contribution in [0.1, 0.15) is 33.1 Å². The number of carbonyl (C=O) groups excluding carboxylic acids is 1. The predicted octanol–water partition coefficient (Wildman–Crippen LogP) is 3.45. The summed E-state index contributed by atoms with van der Waals surface area (Å²) in [7, 11) is 0. The van der Waals surface area contributed by atoms with Gasteiger partial charge in [-0.1, -0.05) is 22.9 Å². The van der Waals surface area contributed by atoms with E-state index < -0.39 is 23.3 Å². The van der Waals surface area contributed by atoms with E-state index in [1.54, 1.807) is 24.3 Å². The van der Waals surface area contributed by atoms with Gasteiger partial charge in [-0.2, -0.15) is 18.3 Å². The summed E-state index contributed by atoms with van der Waals surface area (Å²) in [6.45, 7) is 5.91. The lowest BCUT2D eigenvalue weighted by Crippen LogP contribution is -2.48. The number of aromatic nitrogens is 3. The van der Waals surface area contributed by atoms with Crippen molar-refractivity contribution in [1.82, 2.24) is 24.7 Å². The summed E-state index contributed by atoms with van der Waals surface area (Å²) < 4.78 is 47.6. The molecule has 1 amide bonds. The molecule has 0 aliphatic carbocycles. The van der Waals surface area contributed by atoms with Gasteiger partial charge in [0.1, 0.15) is 0 Å². The van der Waals surface area contributed by atoms with Crippen LogP contribution in [0, 0.1) is 13.8 Å². The Hall–Kier alpha value is -3.14. The monoisotopic (exact) mass is 433 g/mol. The molecule has 0 radical (unpaired) electrons. The molecule has 10 heteroatoms. The Bertz CT molecular complexity index is 1060. The molecule has 1 aromatic carbocycles. The van der Waals surface area contributed by atoms with Crippen LogP contribution in [0.15, 0.2) is 41.1 Å². The van der Waals surface area contributed by atoms with Crippen LogP contribution in [0.5, 0.6) is 0 Å². The summed E-state index contributed by atoms with van der Waals surface area (Å²) >= 11 is 0. The summed E-state index contributed by atoms with van der Waals surface area (Å²) in [5.74, 6) is 0.0526. The van der Waals surface area contributed by atoms with Gasteiger partial charge in [-0.15, -0.1) is 0 Å². The van der Waals surface area contributed by atoms with Crippen LogP contribution in [0.25, 0.3) is 5.69 Å². The number of alkyl halides is 3. The molecule has 3 aromatic rings. The number of benzene rings is 1. The normalized spacial score (nSPS) is 15.5. The van der Waals surface area contributed by atoms with Crippen LogP contribution in [0.3, 0.4) is 0 Å². The van der Waals surface area contributed by atoms with Crippen molar-refractivity contribution >= 4 is 5.91 Å². The fraction of sp³-hybridized carbons (Fsp3) is 0.381. The van der Waals surface area contributed by atoms with Crippen molar-refractivity contribution in [2.45, 2.75) is 26.6 Å². The Kier molecular flexibility index (Phi) is 5.57. The third-order valence-corrected chi connectivity index (χ3v) is 5.26. The summed E-state index contributed by atoms with van der Waals surface area (Å²) in [5, 5.41) is 7.74. The van der Waals surface area contributed by atoms with Crippen molar-refractivity contribution in [1.29, 1.82) is 0 Å². The van der Waals surface area contributed by atoms with Crippen LogP contribution >= 0.6 is 0 Å². The highest BCUT2D eigenvalue weighted by atomic mass is 19.4. The van der Waals surface area contributed by atoms with Gasteiger partial charge in [0.15, 0.2) is 11.5 Å². The third kappa shape index (κ3) is 4.48. The summed E-state index contributed by atoms with van der Waals surface area (Å²) in [6.07, 6.45) is -3.72. The SMILES string of the molecule is Cc1ccc(-n2ncc(C(=O)N3CCN(Cc4cc(C)no4)CC3)c2C(F)(F)F)cc1. The molecule has 2 aromatic heterocycles. The fourth-order valence-corrected chi connectivity index (χ4v) is 3.65. The average molecular weight is 433 g/mol. The van der Waals surface area contributed by atoms with Gasteiger partial charge in [-0.25, -0.2) is 4.68 Å². The first kappa shape index (κ1) is 21.1. The van der Waals surface area contributed by atoms with E-state index in [0.717, 1.165) is 27.9 Å². The smallest absolute Gasteiger partial charge is 0.360 e. The highest BCUT2D eigenvalue weighted by Crippen LogP contribution is 2.34. The first-order valence-corrected chi connectivity index (χ1v) is 9.88. The van der Waals surface area contributed by atoms with E-state index >= 15 is 0 Å². The molecule has 1 aliphatic rings. The Morgan fingerprint density at radius 3 is 2.35 bits per heavy atom. The molecule has 1 fully saturated rings.